The van der Waals surface area contributed by atoms with Crippen molar-refractivity contribution >= 4 is 28.4 Å². The highest BCUT2D eigenvalue weighted by atomic mass is 32.1. The zero-order valence-corrected chi connectivity index (χ0v) is 18.4. The fourth-order valence-corrected chi connectivity index (χ4v) is 4.70. The number of nitrogens with zero attached hydrogens (tertiary/aromatic N) is 2. The lowest BCUT2D eigenvalue weighted by Crippen LogP contribution is -2.42. The van der Waals surface area contributed by atoms with Crippen molar-refractivity contribution in [3.05, 3.63) is 34.3 Å². The van der Waals surface area contributed by atoms with E-state index in [9.17, 15) is 9.59 Å². The van der Waals surface area contributed by atoms with Gasteiger partial charge in [0.25, 0.3) is 5.91 Å². The first kappa shape index (κ1) is 21.4. The molecule has 2 aliphatic rings. The van der Waals surface area contributed by atoms with Crippen LogP contribution in [0.4, 0.5) is 9.93 Å². The number of carbonyl (C=O) groups is 2. The van der Waals surface area contributed by atoms with Gasteiger partial charge in [-0.1, -0.05) is 17.4 Å². The normalized spacial score (nSPS) is 17.7. The largest absolute Gasteiger partial charge is 0.493 e. The highest BCUT2D eigenvalue weighted by Crippen LogP contribution is 2.30. The molecule has 1 unspecified atom stereocenters. The Morgan fingerprint density at radius 1 is 1.29 bits per heavy atom. The molecule has 1 atom stereocenters. The number of urea groups is 1. The second-order valence-electron chi connectivity index (χ2n) is 7.40. The lowest BCUT2D eigenvalue weighted by Gasteiger charge is -2.26. The molecule has 4 rings (SSSR count). The molecule has 1 aromatic carbocycles. The van der Waals surface area contributed by atoms with Crippen molar-refractivity contribution in [3.63, 3.8) is 0 Å². The molecule has 2 N–H and O–H groups in total. The predicted octanol–water partition coefficient (Wildman–Crippen LogP) is 2.55. The Bertz CT molecular complexity index is 957. The minimum Gasteiger partial charge on any atom is -0.493 e. The standard InChI is InChI=1S/C21H26N4O5S/c1-28-15-6-5-13(10-17(15)29-2)11-22-21(27)25-8-7-14-18(12-25)31-20(23-14)24-19(26)16-4-3-9-30-16/h5-6,10,16H,3-4,7-9,11-12H2,1-2H3,(H,22,27)(H,23,24,26). The summed E-state index contributed by atoms with van der Waals surface area (Å²) >= 11 is 1.42. The Morgan fingerprint density at radius 2 is 2.13 bits per heavy atom. The first-order valence-corrected chi connectivity index (χ1v) is 11.0. The molecule has 2 aromatic rings. The molecule has 0 saturated carbocycles. The van der Waals surface area contributed by atoms with E-state index in [0.717, 1.165) is 29.0 Å². The van der Waals surface area contributed by atoms with Crippen LogP contribution < -0.4 is 20.1 Å². The summed E-state index contributed by atoms with van der Waals surface area (Å²) in [7, 11) is 3.17. The molecule has 10 heteroatoms. The van der Waals surface area contributed by atoms with Crippen molar-refractivity contribution in [2.75, 3.05) is 32.7 Å². The molecule has 3 amide bonds. The number of rotatable bonds is 6. The van der Waals surface area contributed by atoms with Crippen LogP contribution in [-0.2, 0) is 29.0 Å². The van der Waals surface area contributed by atoms with E-state index in [2.05, 4.69) is 15.6 Å². The molecule has 166 valence electrons. The fraction of sp³-hybridized carbons (Fsp3) is 0.476. The topological polar surface area (TPSA) is 102 Å². The first-order valence-electron chi connectivity index (χ1n) is 10.2. The summed E-state index contributed by atoms with van der Waals surface area (Å²) in [5, 5.41) is 6.37. The lowest BCUT2D eigenvalue weighted by atomic mass is 10.2. The molecule has 2 aliphatic heterocycles. The molecule has 1 saturated heterocycles. The maximum absolute atomic E-state index is 12.7. The maximum Gasteiger partial charge on any atom is 0.318 e. The number of ether oxygens (including phenoxy) is 3. The lowest BCUT2D eigenvalue weighted by molar-refractivity contribution is -0.124. The molecular weight excluding hydrogens is 420 g/mol. The number of hydrogen-bond donors (Lipinski definition) is 2. The van der Waals surface area contributed by atoms with Crippen LogP contribution in [-0.4, -0.2) is 55.3 Å². The molecule has 0 aliphatic carbocycles. The van der Waals surface area contributed by atoms with Crippen molar-refractivity contribution in [3.8, 4) is 11.5 Å². The van der Waals surface area contributed by atoms with Gasteiger partial charge < -0.3 is 24.4 Å². The Morgan fingerprint density at radius 3 is 2.87 bits per heavy atom. The van der Waals surface area contributed by atoms with Gasteiger partial charge in [-0.3, -0.25) is 10.1 Å². The molecule has 9 nitrogen and oxygen atoms in total. The highest BCUT2D eigenvalue weighted by Gasteiger charge is 2.27. The van der Waals surface area contributed by atoms with Crippen LogP contribution in [0.1, 0.15) is 29.0 Å². The number of anilines is 1. The Hall–Kier alpha value is -2.85. The van der Waals surface area contributed by atoms with Gasteiger partial charge in [0.15, 0.2) is 16.6 Å². The van der Waals surface area contributed by atoms with Crippen LogP contribution in [0.2, 0.25) is 0 Å². The number of hydrogen-bond acceptors (Lipinski definition) is 7. The number of thiazole rings is 1. The van der Waals surface area contributed by atoms with Crippen LogP contribution in [0.25, 0.3) is 0 Å². The van der Waals surface area contributed by atoms with Crippen molar-refractivity contribution in [2.24, 2.45) is 0 Å². The summed E-state index contributed by atoms with van der Waals surface area (Å²) in [6.45, 7) is 2.06. The van der Waals surface area contributed by atoms with Crippen molar-refractivity contribution < 1.29 is 23.8 Å². The number of aromatic nitrogens is 1. The van der Waals surface area contributed by atoms with Gasteiger partial charge in [0.2, 0.25) is 0 Å². The SMILES string of the molecule is COc1ccc(CNC(=O)N2CCc3nc(NC(=O)C4CCCO4)sc3C2)cc1OC. The van der Waals surface area contributed by atoms with Gasteiger partial charge in [0.05, 0.1) is 26.5 Å². The second kappa shape index (κ2) is 9.52. The zero-order chi connectivity index (χ0) is 21.8. The van der Waals surface area contributed by atoms with Gasteiger partial charge in [-0.15, -0.1) is 0 Å². The van der Waals surface area contributed by atoms with Gasteiger partial charge in [-0.25, -0.2) is 9.78 Å². The summed E-state index contributed by atoms with van der Waals surface area (Å²) in [6, 6.07) is 5.41. The third kappa shape index (κ3) is 4.91. The summed E-state index contributed by atoms with van der Waals surface area (Å²) in [5.41, 5.74) is 1.86. The van der Waals surface area contributed by atoms with Crippen LogP contribution >= 0.6 is 11.3 Å². The van der Waals surface area contributed by atoms with E-state index in [-0.39, 0.29) is 18.0 Å². The minimum atomic E-state index is -0.389. The Labute approximate surface area is 184 Å². The van der Waals surface area contributed by atoms with Gasteiger partial charge >= 0.3 is 6.03 Å². The number of methoxy groups -OCH3 is 2. The van der Waals surface area contributed by atoms with Gasteiger partial charge in [-0.05, 0) is 30.5 Å². The van der Waals surface area contributed by atoms with Crippen LogP contribution in [0.15, 0.2) is 18.2 Å². The monoisotopic (exact) mass is 446 g/mol. The average molecular weight is 447 g/mol. The quantitative estimate of drug-likeness (QED) is 0.707. The highest BCUT2D eigenvalue weighted by molar-refractivity contribution is 7.15. The van der Waals surface area contributed by atoms with Crippen molar-refractivity contribution in [1.82, 2.24) is 15.2 Å². The Kier molecular flexibility index (Phi) is 6.57. The minimum absolute atomic E-state index is 0.140. The summed E-state index contributed by atoms with van der Waals surface area (Å²) in [6.07, 6.45) is 1.91. The number of benzene rings is 1. The second-order valence-corrected chi connectivity index (χ2v) is 8.48. The molecular formula is C21H26N4O5S. The van der Waals surface area contributed by atoms with E-state index in [0.29, 0.717) is 49.3 Å². The van der Waals surface area contributed by atoms with E-state index in [4.69, 9.17) is 14.2 Å². The predicted molar refractivity (Wildman–Crippen MR) is 116 cm³/mol. The Balaban J connectivity index is 1.32. The number of carbonyl (C=O) groups excluding carboxylic acids is 2. The smallest absolute Gasteiger partial charge is 0.318 e. The zero-order valence-electron chi connectivity index (χ0n) is 17.6. The van der Waals surface area contributed by atoms with Crippen molar-refractivity contribution in [1.29, 1.82) is 0 Å². The third-order valence-corrected chi connectivity index (χ3v) is 6.36. The van der Waals surface area contributed by atoms with E-state index in [1.165, 1.54) is 11.3 Å². The van der Waals surface area contributed by atoms with E-state index in [1.807, 2.05) is 18.2 Å². The molecule has 31 heavy (non-hydrogen) atoms. The van der Waals surface area contributed by atoms with Gasteiger partial charge in [0, 0.05) is 31.0 Å². The van der Waals surface area contributed by atoms with E-state index >= 15 is 0 Å². The number of amides is 3. The molecule has 1 aromatic heterocycles. The summed E-state index contributed by atoms with van der Waals surface area (Å²) in [4.78, 5) is 32.2. The van der Waals surface area contributed by atoms with E-state index < -0.39 is 0 Å². The molecule has 3 heterocycles. The summed E-state index contributed by atoms with van der Waals surface area (Å²) < 4.78 is 16.0. The molecule has 1 fully saturated rings. The van der Waals surface area contributed by atoms with Gasteiger partial charge in [-0.2, -0.15) is 0 Å². The van der Waals surface area contributed by atoms with Gasteiger partial charge in [0.1, 0.15) is 6.10 Å². The third-order valence-electron chi connectivity index (χ3n) is 5.36. The number of fused-ring (bicyclic) bond motifs is 1. The molecule has 0 radical (unpaired) electrons. The van der Waals surface area contributed by atoms with Crippen LogP contribution in [0.3, 0.4) is 0 Å². The van der Waals surface area contributed by atoms with Crippen molar-refractivity contribution in [2.45, 2.75) is 38.5 Å². The van der Waals surface area contributed by atoms with Crippen LogP contribution in [0.5, 0.6) is 11.5 Å². The molecule has 0 spiro atoms. The fourth-order valence-electron chi connectivity index (χ4n) is 3.67. The average Bonchev–Trinajstić information content (AvgIpc) is 3.46. The molecule has 0 bridgehead atoms. The van der Waals surface area contributed by atoms with E-state index in [1.54, 1.807) is 19.1 Å². The summed E-state index contributed by atoms with van der Waals surface area (Å²) in [5.74, 6) is 1.13. The number of nitrogens with one attached hydrogen (secondary N) is 2. The first-order chi connectivity index (χ1) is 15.1. The van der Waals surface area contributed by atoms with Crippen LogP contribution in [0, 0.1) is 0 Å². The maximum atomic E-state index is 12.7.